The van der Waals surface area contributed by atoms with E-state index in [1.54, 1.807) is 23.7 Å². The molecule has 6 heteroatoms. The molecule has 0 unspecified atom stereocenters. The van der Waals surface area contributed by atoms with Crippen molar-refractivity contribution >= 4 is 27.4 Å². The van der Waals surface area contributed by atoms with Gasteiger partial charge in [-0.25, -0.2) is 19.9 Å². The van der Waals surface area contributed by atoms with Gasteiger partial charge in [-0.2, -0.15) is 0 Å². The Morgan fingerprint density at radius 2 is 1.86 bits per heavy atom. The highest BCUT2D eigenvalue weighted by Crippen LogP contribution is 2.30. The van der Waals surface area contributed by atoms with Crippen LogP contribution in [0.2, 0.25) is 0 Å². The van der Waals surface area contributed by atoms with E-state index in [1.165, 1.54) is 4.88 Å². The van der Waals surface area contributed by atoms with Crippen LogP contribution in [0, 0.1) is 13.8 Å². The Bertz CT molecular complexity index is 764. The molecular weight excluding hydrogens is 282 g/mol. The van der Waals surface area contributed by atoms with E-state index in [2.05, 4.69) is 45.2 Å². The maximum Gasteiger partial charge on any atom is 0.201 e. The van der Waals surface area contributed by atoms with Crippen LogP contribution in [0.4, 0.5) is 5.82 Å². The van der Waals surface area contributed by atoms with Gasteiger partial charge in [-0.1, -0.05) is 6.92 Å². The third-order valence-corrected chi connectivity index (χ3v) is 3.98. The molecule has 0 aliphatic rings. The van der Waals surface area contributed by atoms with Gasteiger partial charge in [0, 0.05) is 23.8 Å². The Morgan fingerprint density at radius 1 is 1.10 bits per heavy atom. The molecule has 21 heavy (non-hydrogen) atoms. The molecule has 3 aromatic heterocycles. The smallest absolute Gasteiger partial charge is 0.201 e. The summed E-state index contributed by atoms with van der Waals surface area (Å²) in [5, 5.41) is 4.44. The average molecular weight is 299 g/mol. The Balaban J connectivity index is 2.12. The number of nitrogens with zero attached hydrogens (tertiary/aromatic N) is 4. The number of aryl methyl sites for hydroxylation is 2. The zero-order valence-corrected chi connectivity index (χ0v) is 13.2. The first-order valence-electron chi connectivity index (χ1n) is 6.98. The highest BCUT2D eigenvalue weighted by molar-refractivity contribution is 7.18. The van der Waals surface area contributed by atoms with Gasteiger partial charge in [0.2, 0.25) is 5.82 Å². The SMILES string of the molecule is CCCNc1nc(-c2ncc(C)cn2)nc2sc(C)cc12. The van der Waals surface area contributed by atoms with Crippen molar-refractivity contribution in [2.24, 2.45) is 0 Å². The largest absolute Gasteiger partial charge is 0.369 e. The molecule has 0 radical (unpaired) electrons. The van der Waals surface area contributed by atoms with Crippen molar-refractivity contribution in [1.29, 1.82) is 0 Å². The fourth-order valence-electron chi connectivity index (χ4n) is 2.03. The molecular formula is C15H17N5S. The molecule has 0 atom stereocenters. The lowest BCUT2D eigenvalue weighted by molar-refractivity contribution is 0.968. The summed E-state index contributed by atoms with van der Waals surface area (Å²) in [4.78, 5) is 20.1. The minimum Gasteiger partial charge on any atom is -0.369 e. The Kier molecular flexibility index (Phi) is 3.79. The van der Waals surface area contributed by atoms with Crippen LogP contribution < -0.4 is 5.32 Å². The van der Waals surface area contributed by atoms with Crippen molar-refractivity contribution in [2.45, 2.75) is 27.2 Å². The molecule has 0 spiro atoms. The van der Waals surface area contributed by atoms with Crippen LogP contribution in [0.5, 0.6) is 0 Å². The van der Waals surface area contributed by atoms with E-state index in [0.717, 1.165) is 34.6 Å². The van der Waals surface area contributed by atoms with Crippen LogP contribution in [0.1, 0.15) is 23.8 Å². The zero-order valence-electron chi connectivity index (χ0n) is 12.3. The molecule has 3 rings (SSSR count). The molecule has 0 saturated heterocycles. The van der Waals surface area contributed by atoms with E-state index in [-0.39, 0.29) is 0 Å². The van der Waals surface area contributed by atoms with Crippen LogP contribution in [0.25, 0.3) is 21.9 Å². The number of thiophene rings is 1. The van der Waals surface area contributed by atoms with Gasteiger partial charge in [0.1, 0.15) is 10.6 Å². The first-order valence-corrected chi connectivity index (χ1v) is 7.80. The molecule has 0 saturated carbocycles. The first kappa shape index (κ1) is 13.9. The summed E-state index contributed by atoms with van der Waals surface area (Å²) in [7, 11) is 0. The predicted molar refractivity (Wildman–Crippen MR) is 86.7 cm³/mol. The van der Waals surface area contributed by atoms with Crippen LogP contribution in [-0.4, -0.2) is 26.5 Å². The number of anilines is 1. The molecule has 0 fully saturated rings. The van der Waals surface area contributed by atoms with Gasteiger partial charge in [-0.3, -0.25) is 0 Å². The quantitative estimate of drug-likeness (QED) is 0.797. The first-order chi connectivity index (χ1) is 10.2. The van der Waals surface area contributed by atoms with Gasteiger partial charge in [-0.05, 0) is 31.9 Å². The van der Waals surface area contributed by atoms with E-state index < -0.39 is 0 Å². The van der Waals surface area contributed by atoms with Crippen molar-refractivity contribution in [2.75, 3.05) is 11.9 Å². The van der Waals surface area contributed by atoms with Crippen molar-refractivity contribution in [1.82, 2.24) is 19.9 Å². The standard InChI is InChI=1S/C15H17N5S/c1-4-5-16-12-11-6-10(3)21-15(11)20-14(19-12)13-17-7-9(2)8-18-13/h6-8H,4-5H2,1-3H3,(H,16,19,20). The maximum absolute atomic E-state index is 4.61. The van der Waals surface area contributed by atoms with E-state index >= 15 is 0 Å². The maximum atomic E-state index is 4.61. The minimum atomic E-state index is 0.563. The fourth-order valence-corrected chi connectivity index (χ4v) is 2.91. The molecule has 3 heterocycles. The van der Waals surface area contributed by atoms with Crippen molar-refractivity contribution in [3.05, 3.63) is 28.9 Å². The van der Waals surface area contributed by atoms with E-state index in [0.29, 0.717) is 11.6 Å². The molecule has 5 nitrogen and oxygen atoms in total. The van der Waals surface area contributed by atoms with Crippen LogP contribution in [-0.2, 0) is 0 Å². The number of aromatic nitrogens is 4. The Labute approximate surface area is 127 Å². The molecule has 3 aromatic rings. The number of hydrogen-bond donors (Lipinski definition) is 1. The summed E-state index contributed by atoms with van der Waals surface area (Å²) in [6.45, 7) is 7.06. The van der Waals surface area contributed by atoms with Gasteiger partial charge < -0.3 is 5.32 Å². The van der Waals surface area contributed by atoms with Crippen molar-refractivity contribution in [3.63, 3.8) is 0 Å². The van der Waals surface area contributed by atoms with Gasteiger partial charge in [0.15, 0.2) is 5.82 Å². The third-order valence-electron chi connectivity index (χ3n) is 3.04. The van der Waals surface area contributed by atoms with Gasteiger partial charge in [0.05, 0.1) is 5.39 Å². The monoisotopic (exact) mass is 299 g/mol. The molecule has 0 amide bonds. The van der Waals surface area contributed by atoms with Crippen molar-refractivity contribution < 1.29 is 0 Å². The lowest BCUT2D eigenvalue weighted by Crippen LogP contribution is -2.05. The molecule has 0 aromatic carbocycles. The number of hydrogen-bond acceptors (Lipinski definition) is 6. The second kappa shape index (κ2) is 5.73. The second-order valence-corrected chi connectivity index (χ2v) is 6.22. The highest BCUT2D eigenvalue weighted by Gasteiger charge is 2.13. The van der Waals surface area contributed by atoms with Gasteiger partial charge in [-0.15, -0.1) is 11.3 Å². The van der Waals surface area contributed by atoms with Crippen LogP contribution >= 0.6 is 11.3 Å². The van der Waals surface area contributed by atoms with E-state index in [1.807, 2.05) is 6.92 Å². The molecule has 0 bridgehead atoms. The highest BCUT2D eigenvalue weighted by atomic mass is 32.1. The molecule has 108 valence electrons. The minimum absolute atomic E-state index is 0.563. The van der Waals surface area contributed by atoms with Gasteiger partial charge in [0.25, 0.3) is 0 Å². The lowest BCUT2D eigenvalue weighted by Gasteiger charge is -2.07. The van der Waals surface area contributed by atoms with Crippen LogP contribution in [0.3, 0.4) is 0 Å². The summed E-state index contributed by atoms with van der Waals surface area (Å²) in [5.41, 5.74) is 1.02. The van der Waals surface area contributed by atoms with E-state index in [4.69, 9.17) is 0 Å². The predicted octanol–water partition coefficient (Wildman–Crippen LogP) is 3.59. The number of rotatable bonds is 4. The Hall–Kier alpha value is -2.08. The third kappa shape index (κ3) is 2.85. The van der Waals surface area contributed by atoms with Crippen LogP contribution in [0.15, 0.2) is 18.5 Å². The average Bonchev–Trinajstić information content (AvgIpc) is 2.85. The second-order valence-electron chi connectivity index (χ2n) is 4.98. The fraction of sp³-hybridized carbons (Fsp3) is 0.333. The molecule has 1 N–H and O–H groups in total. The molecule has 0 aliphatic carbocycles. The lowest BCUT2D eigenvalue weighted by atomic mass is 10.3. The molecule has 0 aliphatic heterocycles. The number of fused-ring (bicyclic) bond motifs is 1. The van der Waals surface area contributed by atoms with Crippen molar-refractivity contribution in [3.8, 4) is 11.6 Å². The Morgan fingerprint density at radius 3 is 2.57 bits per heavy atom. The van der Waals surface area contributed by atoms with E-state index in [9.17, 15) is 0 Å². The summed E-state index contributed by atoms with van der Waals surface area (Å²) in [6.07, 6.45) is 4.62. The van der Waals surface area contributed by atoms with Gasteiger partial charge >= 0.3 is 0 Å². The normalized spacial score (nSPS) is 11.0. The summed E-state index contributed by atoms with van der Waals surface area (Å²) in [6, 6.07) is 2.12. The summed E-state index contributed by atoms with van der Waals surface area (Å²) in [5.74, 6) is 2.00. The summed E-state index contributed by atoms with van der Waals surface area (Å²) >= 11 is 1.67. The zero-order chi connectivity index (χ0) is 14.8. The number of nitrogens with one attached hydrogen (secondary N) is 1. The summed E-state index contributed by atoms with van der Waals surface area (Å²) < 4.78 is 0. The topological polar surface area (TPSA) is 63.6 Å².